The molecular formula is C28H37NS. The fraction of sp³-hybridized carbons (Fsp3) is 0.536. The normalized spacial score (nSPS) is 26.0. The number of thiazole rings is 1. The lowest BCUT2D eigenvalue weighted by Crippen LogP contribution is -2.40. The van der Waals surface area contributed by atoms with Gasteiger partial charge in [-0.2, -0.15) is 0 Å². The topological polar surface area (TPSA) is 12.9 Å². The van der Waals surface area contributed by atoms with Crippen molar-refractivity contribution in [3.8, 4) is 10.6 Å². The number of hydrogen-bond donors (Lipinski definition) is 0. The van der Waals surface area contributed by atoms with Crippen molar-refractivity contribution in [3.05, 3.63) is 58.6 Å². The Hall–Kier alpha value is -1.67. The van der Waals surface area contributed by atoms with Gasteiger partial charge in [-0.3, -0.25) is 0 Å². The summed E-state index contributed by atoms with van der Waals surface area (Å²) in [6.07, 6.45) is 8.51. The largest absolute Gasteiger partial charge is 0.240 e. The lowest BCUT2D eigenvalue weighted by Gasteiger charge is -2.49. The van der Waals surface area contributed by atoms with E-state index in [0.29, 0.717) is 17.3 Å². The van der Waals surface area contributed by atoms with Crippen LogP contribution in [0.15, 0.2) is 42.5 Å². The van der Waals surface area contributed by atoms with Crippen LogP contribution in [0.1, 0.15) is 83.4 Å². The Morgan fingerprint density at radius 2 is 1.90 bits per heavy atom. The van der Waals surface area contributed by atoms with Gasteiger partial charge in [0.15, 0.2) is 0 Å². The molecule has 0 saturated carbocycles. The summed E-state index contributed by atoms with van der Waals surface area (Å²) < 4.78 is 0. The molecule has 1 aromatic heterocycles. The van der Waals surface area contributed by atoms with Crippen molar-refractivity contribution >= 4 is 16.9 Å². The quantitative estimate of drug-likeness (QED) is 0.453. The van der Waals surface area contributed by atoms with Gasteiger partial charge in [0.2, 0.25) is 0 Å². The zero-order valence-corrected chi connectivity index (χ0v) is 20.5. The number of rotatable bonds is 4. The molecule has 0 amide bonds. The van der Waals surface area contributed by atoms with E-state index in [1.54, 1.807) is 5.57 Å². The van der Waals surface area contributed by atoms with Gasteiger partial charge < -0.3 is 0 Å². The average Bonchev–Trinajstić information content (AvgIpc) is 3.15. The maximum atomic E-state index is 5.18. The van der Waals surface area contributed by atoms with E-state index < -0.39 is 0 Å². The van der Waals surface area contributed by atoms with Gasteiger partial charge in [0, 0.05) is 5.56 Å². The Kier molecular flexibility index (Phi) is 5.60. The number of aromatic nitrogens is 1. The molecule has 0 radical (unpaired) electrons. The molecule has 3 atom stereocenters. The van der Waals surface area contributed by atoms with E-state index >= 15 is 0 Å². The van der Waals surface area contributed by atoms with Gasteiger partial charge >= 0.3 is 0 Å². The first-order valence-electron chi connectivity index (χ1n) is 11.7. The van der Waals surface area contributed by atoms with Crippen molar-refractivity contribution in [2.75, 3.05) is 0 Å². The third-order valence-electron chi connectivity index (χ3n) is 7.74. The molecule has 2 aliphatic carbocycles. The summed E-state index contributed by atoms with van der Waals surface area (Å²) in [5, 5.41) is 1.19. The molecule has 0 bridgehead atoms. The molecule has 2 aromatic rings. The number of fused-ring (bicyclic) bond motifs is 3. The summed E-state index contributed by atoms with van der Waals surface area (Å²) in [7, 11) is 0. The van der Waals surface area contributed by atoms with E-state index in [9.17, 15) is 0 Å². The molecule has 0 aliphatic heterocycles. The van der Waals surface area contributed by atoms with Crippen LogP contribution in [0.2, 0.25) is 0 Å². The smallest absolute Gasteiger partial charge is 0.124 e. The minimum Gasteiger partial charge on any atom is -0.240 e. The highest BCUT2D eigenvalue weighted by atomic mass is 32.1. The van der Waals surface area contributed by atoms with E-state index in [1.807, 2.05) is 11.3 Å². The van der Waals surface area contributed by atoms with Crippen LogP contribution in [0.5, 0.6) is 0 Å². The molecule has 1 heterocycles. The van der Waals surface area contributed by atoms with Crippen molar-refractivity contribution < 1.29 is 0 Å². The number of hydrogen-bond acceptors (Lipinski definition) is 2. The van der Waals surface area contributed by atoms with Crippen LogP contribution in [-0.4, -0.2) is 4.98 Å². The second-order valence-corrected chi connectivity index (χ2v) is 11.5. The van der Waals surface area contributed by atoms with Crippen LogP contribution < -0.4 is 0 Å². The Labute approximate surface area is 187 Å². The van der Waals surface area contributed by atoms with Gasteiger partial charge in [-0.1, -0.05) is 83.5 Å². The SMILES string of the molecule is C=C(C)[C@@H]1CC=C2c3sc(-c4ccc(C(C)(C)C)cc4)nc3CC(CC)C2(CC)C1. The highest BCUT2D eigenvalue weighted by molar-refractivity contribution is 7.16. The van der Waals surface area contributed by atoms with Crippen molar-refractivity contribution in [2.24, 2.45) is 17.3 Å². The second kappa shape index (κ2) is 7.79. The molecule has 1 aromatic carbocycles. The molecule has 0 saturated heterocycles. The van der Waals surface area contributed by atoms with Crippen molar-refractivity contribution in [2.45, 2.75) is 79.1 Å². The van der Waals surface area contributed by atoms with E-state index in [4.69, 9.17) is 4.98 Å². The first kappa shape index (κ1) is 21.6. The van der Waals surface area contributed by atoms with Crippen molar-refractivity contribution in [3.63, 3.8) is 0 Å². The van der Waals surface area contributed by atoms with Crippen LogP contribution in [0.3, 0.4) is 0 Å². The lowest BCUT2D eigenvalue weighted by atomic mass is 9.55. The first-order chi connectivity index (χ1) is 14.2. The third kappa shape index (κ3) is 3.51. The maximum Gasteiger partial charge on any atom is 0.124 e. The molecule has 0 N–H and O–H groups in total. The van der Waals surface area contributed by atoms with E-state index in [0.717, 1.165) is 12.8 Å². The minimum absolute atomic E-state index is 0.183. The first-order valence-corrected chi connectivity index (χ1v) is 12.5. The fourth-order valence-corrected chi connectivity index (χ4v) is 6.95. The monoisotopic (exact) mass is 419 g/mol. The van der Waals surface area contributed by atoms with Crippen molar-refractivity contribution in [1.29, 1.82) is 0 Å². The summed E-state index contributed by atoms with van der Waals surface area (Å²) >= 11 is 1.92. The minimum atomic E-state index is 0.183. The Bertz CT molecular complexity index is 969. The van der Waals surface area contributed by atoms with Gasteiger partial charge in [-0.15, -0.1) is 11.3 Å². The molecule has 4 rings (SSSR count). The lowest BCUT2D eigenvalue weighted by molar-refractivity contribution is 0.166. The van der Waals surface area contributed by atoms with Gasteiger partial charge in [-0.05, 0) is 66.4 Å². The molecule has 1 nitrogen and oxygen atoms in total. The summed E-state index contributed by atoms with van der Waals surface area (Å²) in [6.45, 7) is 18.1. The van der Waals surface area contributed by atoms with Gasteiger partial charge in [-0.25, -0.2) is 4.98 Å². The molecule has 0 spiro atoms. The molecule has 2 unspecified atom stereocenters. The van der Waals surface area contributed by atoms with Gasteiger partial charge in [0.1, 0.15) is 5.01 Å². The molecule has 2 aliphatic rings. The predicted molar refractivity (Wildman–Crippen MR) is 132 cm³/mol. The summed E-state index contributed by atoms with van der Waals surface area (Å²) in [5.41, 5.74) is 7.41. The molecule has 160 valence electrons. The average molecular weight is 420 g/mol. The molecule has 0 fully saturated rings. The van der Waals surface area contributed by atoms with Gasteiger partial charge in [0.25, 0.3) is 0 Å². The highest BCUT2D eigenvalue weighted by Gasteiger charge is 2.48. The van der Waals surface area contributed by atoms with Gasteiger partial charge in [0.05, 0.1) is 10.6 Å². The zero-order valence-electron chi connectivity index (χ0n) is 19.6. The predicted octanol–water partition coefficient (Wildman–Crippen LogP) is 8.46. The molecule has 2 heteroatoms. The summed E-state index contributed by atoms with van der Waals surface area (Å²) in [4.78, 5) is 6.65. The fourth-order valence-electron chi connectivity index (χ4n) is 5.70. The Balaban J connectivity index is 1.76. The number of allylic oxidation sites excluding steroid dienone is 3. The molecular weight excluding hydrogens is 382 g/mol. The maximum absolute atomic E-state index is 5.18. The molecule has 30 heavy (non-hydrogen) atoms. The van der Waals surface area contributed by atoms with Crippen LogP contribution >= 0.6 is 11.3 Å². The Morgan fingerprint density at radius 1 is 1.20 bits per heavy atom. The third-order valence-corrected chi connectivity index (χ3v) is 8.92. The van der Waals surface area contributed by atoms with Crippen LogP contribution in [0.25, 0.3) is 16.1 Å². The highest BCUT2D eigenvalue weighted by Crippen LogP contribution is 2.60. The number of benzene rings is 1. The van der Waals surface area contributed by atoms with E-state index in [-0.39, 0.29) is 5.41 Å². The second-order valence-electron chi connectivity index (χ2n) is 10.5. The van der Waals surface area contributed by atoms with Crippen LogP contribution in [0.4, 0.5) is 0 Å². The van der Waals surface area contributed by atoms with Crippen LogP contribution in [0, 0.1) is 17.3 Å². The van der Waals surface area contributed by atoms with E-state index in [2.05, 4.69) is 78.5 Å². The Morgan fingerprint density at radius 3 is 2.47 bits per heavy atom. The van der Waals surface area contributed by atoms with Crippen molar-refractivity contribution in [1.82, 2.24) is 4.98 Å². The van der Waals surface area contributed by atoms with E-state index in [1.165, 1.54) is 51.5 Å². The zero-order chi connectivity index (χ0) is 21.7. The summed E-state index contributed by atoms with van der Waals surface area (Å²) in [5.74, 6) is 1.31. The van der Waals surface area contributed by atoms with Crippen LogP contribution in [-0.2, 0) is 11.8 Å². The summed E-state index contributed by atoms with van der Waals surface area (Å²) in [6, 6.07) is 9.08. The number of nitrogens with zero attached hydrogens (tertiary/aromatic N) is 1. The standard InChI is InChI=1S/C28H37NS/c1-8-21-16-24-25(23-15-12-20(18(3)4)17-28(21,23)9-2)30-26(29-24)19-10-13-22(14-11-19)27(5,6)7/h10-11,13-15,20-21H,3,8-9,12,16-17H2,1-2,4-7H3/t20-,21?,28?/m1/s1.